The fraction of sp³-hybridized carbons (Fsp3) is 0.402. The van der Waals surface area contributed by atoms with Crippen LogP contribution in [0.4, 0.5) is 13.2 Å². The Morgan fingerprint density at radius 3 is 1.52 bits per heavy atom. The first kappa shape index (κ1) is 66.2. The van der Waals surface area contributed by atoms with Crippen molar-refractivity contribution >= 4 is 70.4 Å². The molecule has 0 amide bonds. The van der Waals surface area contributed by atoms with E-state index in [4.69, 9.17) is 11.3 Å². The topological polar surface area (TPSA) is 63.1 Å². The molecule has 2 heterocycles. The number of hydrogen-bond acceptors (Lipinski definition) is 4. The second-order valence-corrected chi connectivity index (χ2v) is 30.4. The number of rotatable bonds is 11. The molecule has 12 rings (SSSR count). The van der Waals surface area contributed by atoms with Crippen molar-refractivity contribution in [3.8, 4) is 22.5 Å². The molecule has 0 aliphatic heterocycles. The van der Waals surface area contributed by atoms with Crippen LogP contribution in [0.15, 0.2) is 127 Å². The van der Waals surface area contributed by atoms with Gasteiger partial charge in [0.05, 0.1) is 13.6 Å². The molecule has 0 saturated carbocycles. The van der Waals surface area contributed by atoms with Crippen molar-refractivity contribution in [2.24, 2.45) is 33.5 Å². The van der Waals surface area contributed by atoms with Gasteiger partial charge in [-0.3, -0.25) is 14.8 Å². The molecule has 90 heavy (non-hydrogen) atoms. The first-order chi connectivity index (χ1) is 42.2. The Kier molecular flexibility index (Phi) is 19.2. The normalized spacial score (nSPS) is 13.8. The van der Waals surface area contributed by atoms with E-state index in [1.807, 2.05) is 26.1 Å². The monoisotopic (exact) mass is 1390 g/mol. The number of carbonyl (C=O) groups is 1. The third kappa shape index (κ3) is 14.8. The molecule has 2 aliphatic rings. The fourth-order valence-corrected chi connectivity index (χ4v) is 14.0. The summed E-state index contributed by atoms with van der Waals surface area (Å²) in [4.78, 5) is 21.5. The van der Waals surface area contributed by atoms with Crippen molar-refractivity contribution in [2.45, 2.75) is 181 Å². The predicted octanol–water partition coefficient (Wildman–Crippen LogP) is 22.9. The van der Waals surface area contributed by atoms with Crippen LogP contribution in [0.1, 0.15) is 181 Å². The van der Waals surface area contributed by atoms with Crippen molar-refractivity contribution in [2.75, 3.05) is 0 Å². The van der Waals surface area contributed by atoms with Gasteiger partial charge in [-0.25, -0.2) is 0 Å². The number of aromatic nitrogens is 2. The fourth-order valence-electron chi connectivity index (χ4n) is 14.0. The molecule has 1 atom stereocenters. The second-order valence-electron chi connectivity index (χ2n) is 30.4. The minimum Gasteiger partial charge on any atom is -0.512 e. The number of nitrogens with zero attached hydrogens (tertiary/aromatic N) is 2. The van der Waals surface area contributed by atoms with Crippen LogP contribution in [0.2, 0.25) is 0 Å². The molecular formula is C82H91F3IrN2O2-2. The summed E-state index contributed by atoms with van der Waals surface area (Å²) in [5.41, 5.74) is 17.6. The average Bonchev–Trinajstić information content (AvgIpc) is 0.731. The molecule has 1 N–H and O–H groups in total. The number of allylic oxidation sites excluding steroid dienone is 2. The number of pyridine rings is 2. The summed E-state index contributed by atoms with van der Waals surface area (Å²) in [7, 11) is 0. The number of alkyl halides is 3. The van der Waals surface area contributed by atoms with E-state index in [9.17, 15) is 23.1 Å². The SMILES string of the molecule is CCC(CC)C(=O)/C=C(\O)C(CC)CC(F)(F)F.Cc1ccc2c(CC(C)(C)C)c3c([c-]c2c1)-c1nccc2c1c(cc1c(CC(C)(C)C)cccc12)C3.[2H]c1cc2c3c(cc4c(CC(C)(C)C)cccc42)Cc2c([c-]c4ccccc4c2CC(C)(C)C)-c3n1.[Ir]. The summed E-state index contributed by atoms with van der Waals surface area (Å²) in [5, 5.41) is 24.9. The maximum absolute atomic E-state index is 12.3. The maximum atomic E-state index is 12.3. The summed E-state index contributed by atoms with van der Waals surface area (Å²) in [6, 6.07) is 45.7. The van der Waals surface area contributed by atoms with Gasteiger partial charge in [0.15, 0.2) is 5.78 Å². The number of aryl methyl sites for hydroxylation is 1. The molecule has 473 valence electrons. The van der Waals surface area contributed by atoms with Crippen LogP contribution in [0.5, 0.6) is 0 Å². The van der Waals surface area contributed by atoms with Gasteiger partial charge in [-0.1, -0.05) is 210 Å². The molecule has 0 bridgehead atoms. The van der Waals surface area contributed by atoms with Crippen molar-refractivity contribution in [1.82, 2.24) is 9.97 Å². The first-order valence-electron chi connectivity index (χ1n) is 32.8. The average molecular weight is 1390 g/mol. The molecule has 0 spiro atoms. The Morgan fingerprint density at radius 2 is 1.02 bits per heavy atom. The van der Waals surface area contributed by atoms with E-state index in [1.165, 1.54) is 109 Å². The molecule has 8 aromatic carbocycles. The number of aliphatic hydroxyl groups excluding tert-OH is 1. The van der Waals surface area contributed by atoms with E-state index < -0.39 is 24.3 Å². The molecule has 0 fully saturated rings. The van der Waals surface area contributed by atoms with E-state index in [0.29, 0.717) is 19.0 Å². The van der Waals surface area contributed by atoms with E-state index in [1.54, 1.807) is 6.92 Å². The van der Waals surface area contributed by atoms with Crippen LogP contribution in [0.25, 0.3) is 87.1 Å². The minimum absolute atomic E-state index is 0. The van der Waals surface area contributed by atoms with Crippen LogP contribution in [0, 0.1) is 52.6 Å². The van der Waals surface area contributed by atoms with Gasteiger partial charge in [-0.2, -0.15) is 13.2 Å². The number of hydrogen-bond donors (Lipinski definition) is 1. The predicted molar refractivity (Wildman–Crippen MR) is 369 cm³/mol. The van der Waals surface area contributed by atoms with E-state index in [2.05, 4.69) is 199 Å². The number of fused-ring (bicyclic) bond motifs is 10. The Balaban J connectivity index is 0.000000171. The Bertz CT molecular complexity index is 4450. The van der Waals surface area contributed by atoms with E-state index >= 15 is 0 Å². The molecule has 2 aliphatic carbocycles. The third-order valence-electron chi connectivity index (χ3n) is 17.8. The maximum Gasteiger partial charge on any atom is 0.389 e. The zero-order chi connectivity index (χ0) is 65.2. The Morgan fingerprint density at radius 1 is 0.556 bits per heavy atom. The Hall–Kier alpha value is -6.73. The number of benzene rings is 8. The van der Waals surface area contributed by atoms with Crippen LogP contribution in [-0.4, -0.2) is 27.0 Å². The van der Waals surface area contributed by atoms with Gasteiger partial charge >= 0.3 is 6.18 Å². The summed E-state index contributed by atoms with van der Waals surface area (Å²) in [6.45, 7) is 35.3. The Labute approximate surface area is 548 Å². The number of aliphatic hydroxyl groups is 1. The summed E-state index contributed by atoms with van der Waals surface area (Å²) >= 11 is 0. The number of halogens is 3. The van der Waals surface area contributed by atoms with Gasteiger partial charge in [0.2, 0.25) is 0 Å². The largest absolute Gasteiger partial charge is 0.512 e. The zero-order valence-corrected chi connectivity index (χ0v) is 58.3. The molecular weight excluding hydrogens is 1290 g/mol. The molecule has 4 nitrogen and oxygen atoms in total. The van der Waals surface area contributed by atoms with Crippen LogP contribution in [-0.2, 0) is 63.4 Å². The van der Waals surface area contributed by atoms with E-state index in [0.717, 1.165) is 72.3 Å². The van der Waals surface area contributed by atoms with Crippen LogP contribution < -0.4 is 0 Å². The van der Waals surface area contributed by atoms with Gasteiger partial charge in [-0.05, 0) is 164 Å². The van der Waals surface area contributed by atoms with E-state index in [-0.39, 0.29) is 59.9 Å². The van der Waals surface area contributed by atoms with Crippen LogP contribution in [0.3, 0.4) is 0 Å². The third-order valence-corrected chi connectivity index (χ3v) is 17.8. The summed E-state index contributed by atoms with van der Waals surface area (Å²) < 4.78 is 45.4. The summed E-state index contributed by atoms with van der Waals surface area (Å²) in [5.74, 6) is -2.00. The molecule has 0 saturated heterocycles. The molecule has 8 heteroatoms. The number of ketones is 1. The quantitative estimate of drug-likeness (QED) is 0.0607. The molecule has 1 radical (unpaired) electrons. The van der Waals surface area contributed by atoms with Crippen molar-refractivity contribution < 1.29 is 44.5 Å². The van der Waals surface area contributed by atoms with Crippen molar-refractivity contribution in [3.63, 3.8) is 0 Å². The van der Waals surface area contributed by atoms with Gasteiger partial charge in [0.25, 0.3) is 0 Å². The smallest absolute Gasteiger partial charge is 0.389 e. The summed E-state index contributed by atoms with van der Waals surface area (Å²) in [6.07, 6.45) is 5.20. The van der Waals surface area contributed by atoms with Gasteiger partial charge < -0.3 is 5.11 Å². The first-order valence-corrected chi connectivity index (χ1v) is 32.3. The minimum atomic E-state index is -4.33. The van der Waals surface area contributed by atoms with Gasteiger partial charge in [0, 0.05) is 61.8 Å². The zero-order valence-electron chi connectivity index (χ0n) is 56.9. The molecule has 10 aromatic rings. The molecule has 2 aromatic heterocycles. The molecule has 1 unspecified atom stereocenters. The van der Waals surface area contributed by atoms with Crippen molar-refractivity contribution in [3.05, 3.63) is 190 Å². The second kappa shape index (κ2) is 26.1. The van der Waals surface area contributed by atoms with Gasteiger partial charge in [0.1, 0.15) is 0 Å². The standard InChI is InChI=1S/C35H36N.C34H34N.C13H21F3O2.Ir/c1-21-11-12-25-23(15-21)16-30-29(31(25)20-35(5,6)7)18-24-17-28-22(19-34(2,3)4)9-8-10-26(28)27-13-14-36-33(30)32(24)27;1-33(2,3)19-22-11-9-13-25-26-14-15-35-32-29-16-21-10-7-8-12-24(21)30(20-34(4,5)6)28(29)18-23(31(26)32)17-27(22)25;1-4-9(5-2)11(17)7-12(18)10(6-3)8-13(14,15)16;/h8-15,17H,18-20H2,1-7H3;7-15,17H,18-20H2,1-6H3;7,9-10,18H,4-6,8H2,1-3H3;/q2*-1;;/b;;12-7-;/i;15D;;. The van der Waals surface area contributed by atoms with Crippen molar-refractivity contribution in [1.29, 1.82) is 0 Å². The number of carbonyl (C=O) groups excluding carboxylic acids is 1. The van der Waals surface area contributed by atoms with Gasteiger partial charge in [-0.15, -0.1) is 57.3 Å². The van der Waals surface area contributed by atoms with Crippen LogP contribution >= 0.6 is 0 Å².